The van der Waals surface area contributed by atoms with Gasteiger partial charge in [-0.3, -0.25) is 4.79 Å². The van der Waals surface area contributed by atoms with Gasteiger partial charge >= 0.3 is 0 Å². The highest BCUT2D eigenvalue weighted by Crippen LogP contribution is 2.21. The number of hydrogen-bond donors (Lipinski definition) is 1. The van der Waals surface area contributed by atoms with E-state index in [1.807, 2.05) is 19.9 Å². The highest BCUT2D eigenvalue weighted by molar-refractivity contribution is 7.90. The van der Waals surface area contributed by atoms with Gasteiger partial charge in [-0.1, -0.05) is 0 Å². The number of likely N-dealkylation sites (tertiary alicyclic amines) is 1. The number of amides is 1. The zero-order chi connectivity index (χ0) is 20.9. The number of methoxy groups -OCH3 is 1. The molecule has 0 bridgehead atoms. The Kier molecular flexibility index (Phi) is 7.79. The number of aryl methyl sites for hydroxylation is 1. The first-order valence-corrected chi connectivity index (χ1v) is 11.1. The Labute approximate surface area is 167 Å². The number of sulfonamides is 1. The van der Waals surface area contributed by atoms with Crippen molar-refractivity contribution in [2.45, 2.75) is 57.9 Å². The van der Waals surface area contributed by atoms with Gasteiger partial charge < -0.3 is 14.4 Å². The monoisotopic (exact) mass is 413 g/mol. The van der Waals surface area contributed by atoms with Crippen LogP contribution in [-0.2, 0) is 19.6 Å². The van der Waals surface area contributed by atoms with Crippen molar-refractivity contribution in [2.24, 2.45) is 0 Å². The highest BCUT2D eigenvalue weighted by atomic mass is 32.2. The molecule has 1 aliphatic rings. The van der Waals surface area contributed by atoms with Crippen LogP contribution in [0.4, 0.5) is 0 Å². The molecule has 0 aliphatic carbocycles. The molecular formula is C19H31N3O5S. The Morgan fingerprint density at radius 2 is 2.11 bits per heavy atom. The van der Waals surface area contributed by atoms with E-state index in [2.05, 4.69) is 9.71 Å². The lowest BCUT2D eigenvalue weighted by molar-refractivity contribution is -0.139. The first-order valence-electron chi connectivity index (χ1n) is 9.52. The van der Waals surface area contributed by atoms with Gasteiger partial charge in [0.2, 0.25) is 15.9 Å². The predicted molar refractivity (Wildman–Crippen MR) is 107 cm³/mol. The fourth-order valence-corrected chi connectivity index (χ4v) is 4.16. The van der Waals surface area contributed by atoms with E-state index in [9.17, 15) is 13.2 Å². The Morgan fingerprint density at radius 1 is 1.39 bits per heavy atom. The van der Waals surface area contributed by atoms with Crippen molar-refractivity contribution in [2.75, 3.05) is 26.9 Å². The number of nitrogens with one attached hydrogen (secondary N) is 1. The van der Waals surface area contributed by atoms with Gasteiger partial charge in [0, 0.05) is 31.5 Å². The Hall–Kier alpha value is -1.71. The Balaban J connectivity index is 2.10. The summed E-state index contributed by atoms with van der Waals surface area (Å²) in [4.78, 5) is 18.7. The number of carbonyl (C=O) groups is 1. The van der Waals surface area contributed by atoms with Gasteiger partial charge in [0.25, 0.3) is 5.91 Å². The van der Waals surface area contributed by atoms with Gasteiger partial charge in [-0.05, 0) is 52.2 Å². The van der Waals surface area contributed by atoms with Gasteiger partial charge in [-0.15, -0.1) is 0 Å². The van der Waals surface area contributed by atoms with Crippen molar-refractivity contribution in [3.63, 3.8) is 0 Å². The number of carbonyl (C=O) groups excluding carboxylic acids is 1. The molecule has 1 aliphatic heterocycles. The number of rotatable bonds is 8. The van der Waals surface area contributed by atoms with Crippen LogP contribution in [0.5, 0.6) is 5.88 Å². The summed E-state index contributed by atoms with van der Waals surface area (Å²) in [5, 5.41) is -0.541. The summed E-state index contributed by atoms with van der Waals surface area (Å²) in [5.74, 6) is 0.226. The second-order valence-corrected chi connectivity index (χ2v) is 9.69. The van der Waals surface area contributed by atoms with Crippen LogP contribution in [0.2, 0.25) is 0 Å². The molecule has 1 amide bonds. The third-order valence-electron chi connectivity index (χ3n) is 5.13. The zero-order valence-electron chi connectivity index (χ0n) is 17.3. The van der Waals surface area contributed by atoms with Crippen molar-refractivity contribution in [3.8, 4) is 5.88 Å². The van der Waals surface area contributed by atoms with Gasteiger partial charge in [0.05, 0.1) is 17.9 Å². The summed E-state index contributed by atoms with van der Waals surface area (Å²) in [6.07, 6.45) is 3.01. The summed E-state index contributed by atoms with van der Waals surface area (Å²) < 4.78 is 38.3. The number of aromatic nitrogens is 1. The third kappa shape index (κ3) is 5.42. The van der Waals surface area contributed by atoms with Crippen LogP contribution in [0.15, 0.2) is 12.3 Å². The normalized spacial score (nSPS) is 20.4. The molecular weight excluding hydrogens is 382 g/mol. The lowest BCUT2D eigenvalue weighted by Crippen LogP contribution is -2.60. The second-order valence-electron chi connectivity index (χ2n) is 7.42. The SMILES string of the molecule is COC[C@H]1C(NS(=O)(=O)C(C)C)CCCN1C(=O)COc1nccc(C)c1C. The maximum atomic E-state index is 12.8. The van der Waals surface area contributed by atoms with Crippen molar-refractivity contribution in [3.05, 3.63) is 23.4 Å². The Morgan fingerprint density at radius 3 is 2.75 bits per heavy atom. The van der Waals surface area contributed by atoms with Crippen molar-refractivity contribution >= 4 is 15.9 Å². The standard InChI is InChI=1S/C19H31N3O5S/c1-13(2)28(24,25)21-16-7-6-10-22(17(16)11-26-5)18(23)12-27-19-15(4)14(3)8-9-20-19/h8-9,13,16-17,21H,6-7,10-12H2,1-5H3/t16?,17-/m0/s1. The van der Waals surface area contributed by atoms with E-state index in [0.29, 0.717) is 25.3 Å². The molecule has 0 aromatic carbocycles. The van der Waals surface area contributed by atoms with Gasteiger partial charge in [0.1, 0.15) is 0 Å². The summed E-state index contributed by atoms with van der Waals surface area (Å²) in [5.41, 5.74) is 1.93. The topological polar surface area (TPSA) is 97.8 Å². The minimum absolute atomic E-state index is 0.152. The summed E-state index contributed by atoms with van der Waals surface area (Å²) in [6.45, 7) is 7.75. The molecule has 158 valence electrons. The van der Waals surface area contributed by atoms with Crippen molar-refractivity contribution in [1.29, 1.82) is 0 Å². The number of nitrogens with zero attached hydrogens (tertiary/aromatic N) is 2. The summed E-state index contributed by atoms with van der Waals surface area (Å²) >= 11 is 0. The van der Waals surface area contributed by atoms with Crippen LogP contribution in [0.1, 0.15) is 37.8 Å². The number of hydrogen-bond acceptors (Lipinski definition) is 6. The number of piperidine rings is 1. The predicted octanol–water partition coefficient (Wildman–Crippen LogP) is 1.41. The van der Waals surface area contributed by atoms with E-state index < -0.39 is 15.3 Å². The molecule has 28 heavy (non-hydrogen) atoms. The van der Waals surface area contributed by atoms with E-state index >= 15 is 0 Å². The van der Waals surface area contributed by atoms with E-state index in [1.165, 1.54) is 0 Å². The van der Waals surface area contributed by atoms with Gasteiger partial charge in [0.15, 0.2) is 6.61 Å². The lowest BCUT2D eigenvalue weighted by Gasteiger charge is -2.41. The fraction of sp³-hybridized carbons (Fsp3) is 0.684. The molecule has 0 radical (unpaired) electrons. The Bertz CT molecular complexity index is 782. The third-order valence-corrected chi connectivity index (χ3v) is 7.01. The molecule has 2 rings (SSSR count). The maximum absolute atomic E-state index is 12.8. The first-order chi connectivity index (χ1) is 13.2. The van der Waals surface area contributed by atoms with E-state index in [-0.39, 0.29) is 31.2 Å². The summed E-state index contributed by atoms with van der Waals surface area (Å²) in [7, 11) is -1.91. The molecule has 1 aromatic heterocycles. The zero-order valence-corrected chi connectivity index (χ0v) is 18.1. The quantitative estimate of drug-likeness (QED) is 0.692. The molecule has 9 heteroatoms. The smallest absolute Gasteiger partial charge is 0.260 e. The van der Waals surface area contributed by atoms with E-state index in [0.717, 1.165) is 11.1 Å². The maximum Gasteiger partial charge on any atom is 0.260 e. The average Bonchev–Trinajstić information content (AvgIpc) is 2.64. The van der Waals surface area contributed by atoms with Crippen LogP contribution in [0.3, 0.4) is 0 Å². The van der Waals surface area contributed by atoms with Gasteiger partial charge in [-0.25, -0.2) is 18.1 Å². The molecule has 2 atom stereocenters. The lowest BCUT2D eigenvalue weighted by atomic mass is 9.97. The minimum atomic E-state index is -3.45. The molecule has 8 nitrogen and oxygen atoms in total. The van der Waals surface area contributed by atoms with Crippen molar-refractivity contribution < 1.29 is 22.7 Å². The number of ether oxygens (including phenoxy) is 2. The van der Waals surface area contributed by atoms with Crippen LogP contribution < -0.4 is 9.46 Å². The molecule has 0 saturated carbocycles. The second kappa shape index (κ2) is 9.67. The first kappa shape index (κ1) is 22.6. The largest absolute Gasteiger partial charge is 0.467 e. The molecule has 1 fully saturated rings. The average molecular weight is 414 g/mol. The van der Waals surface area contributed by atoms with Crippen LogP contribution in [0, 0.1) is 13.8 Å². The molecule has 1 saturated heterocycles. The van der Waals surface area contributed by atoms with Crippen LogP contribution >= 0.6 is 0 Å². The number of pyridine rings is 1. The fourth-order valence-electron chi connectivity index (χ4n) is 3.19. The van der Waals surface area contributed by atoms with E-state index in [1.54, 1.807) is 32.1 Å². The molecule has 0 spiro atoms. The van der Waals surface area contributed by atoms with E-state index in [4.69, 9.17) is 9.47 Å². The minimum Gasteiger partial charge on any atom is -0.467 e. The molecule has 1 aromatic rings. The highest BCUT2D eigenvalue weighted by Gasteiger charge is 2.37. The van der Waals surface area contributed by atoms with Crippen LogP contribution in [0.25, 0.3) is 0 Å². The van der Waals surface area contributed by atoms with Crippen LogP contribution in [-0.4, -0.2) is 68.4 Å². The van der Waals surface area contributed by atoms with Gasteiger partial charge in [-0.2, -0.15) is 0 Å². The molecule has 2 heterocycles. The molecule has 1 unspecified atom stereocenters. The molecule has 1 N–H and O–H groups in total. The summed E-state index contributed by atoms with van der Waals surface area (Å²) in [6, 6.07) is 1.12. The van der Waals surface area contributed by atoms with Crippen molar-refractivity contribution in [1.82, 2.24) is 14.6 Å².